The van der Waals surface area contributed by atoms with Crippen molar-refractivity contribution in [2.24, 2.45) is 0 Å². The number of fused-ring (bicyclic) bond motifs is 1. The highest BCUT2D eigenvalue weighted by atomic mass is 16.5. The molecule has 1 aliphatic rings. The van der Waals surface area contributed by atoms with E-state index in [2.05, 4.69) is 16.7 Å². The Morgan fingerprint density at radius 2 is 2.10 bits per heavy atom. The molecule has 4 nitrogen and oxygen atoms in total. The number of benzene rings is 2. The van der Waals surface area contributed by atoms with E-state index in [1.54, 1.807) is 19.2 Å². The van der Waals surface area contributed by atoms with Crippen molar-refractivity contribution in [3.05, 3.63) is 59.2 Å². The van der Waals surface area contributed by atoms with Gasteiger partial charge in [0, 0.05) is 17.8 Å². The van der Waals surface area contributed by atoms with Crippen LogP contribution in [0.3, 0.4) is 0 Å². The Labute approximate surface area is 124 Å². The molecule has 1 amide bonds. The Hall–Kier alpha value is -2.33. The third-order valence-corrected chi connectivity index (χ3v) is 3.68. The van der Waals surface area contributed by atoms with Crippen LogP contribution in [0.15, 0.2) is 42.5 Å². The van der Waals surface area contributed by atoms with E-state index in [1.165, 1.54) is 11.1 Å². The Morgan fingerprint density at radius 3 is 2.95 bits per heavy atom. The van der Waals surface area contributed by atoms with Gasteiger partial charge in [-0.25, -0.2) is 0 Å². The van der Waals surface area contributed by atoms with Gasteiger partial charge in [-0.3, -0.25) is 4.79 Å². The molecule has 0 aromatic heterocycles. The zero-order valence-corrected chi connectivity index (χ0v) is 12.0. The zero-order chi connectivity index (χ0) is 14.7. The van der Waals surface area contributed by atoms with Crippen molar-refractivity contribution in [1.29, 1.82) is 0 Å². The fraction of sp³-hybridized carbons (Fsp3) is 0.235. The van der Waals surface area contributed by atoms with Crippen molar-refractivity contribution in [3.63, 3.8) is 0 Å². The first-order valence-electron chi connectivity index (χ1n) is 7.04. The number of rotatable bonds is 3. The largest absolute Gasteiger partial charge is 0.497 e. The van der Waals surface area contributed by atoms with Gasteiger partial charge in [0.05, 0.1) is 7.11 Å². The van der Waals surface area contributed by atoms with Gasteiger partial charge in [-0.15, -0.1) is 0 Å². The number of anilines is 1. The molecular weight excluding hydrogens is 264 g/mol. The lowest BCUT2D eigenvalue weighted by Crippen LogP contribution is -2.23. The Bertz CT molecular complexity index is 668. The molecule has 0 aliphatic carbocycles. The standard InChI is InChI=1S/C17H18N2O2/c1-21-16-4-2-3-13(10-16)17(20)19-15-6-5-12-7-8-18-11-14(12)9-15/h2-6,9-10,18H,7-8,11H2,1H3,(H,19,20). The van der Waals surface area contributed by atoms with E-state index in [0.29, 0.717) is 11.3 Å². The van der Waals surface area contributed by atoms with Gasteiger partial charge < -0.3 is 15.4 Å². The monoisotopic (exact) mass is 282 g/mol. The molecule has 108 valence electrons. The van der Waals surface area contributed by atoms with E-state index >= 15 is 0 Å². The predicted octanol–water partition coefficient (Wildman–Crippen LogP) is 2.59. The minimum Gasteiger partial charge on any atom is -0.497 e. The summed E-state index contributed by atoms with van der Waals surface area (Å²) in [6, 6.07) is 13.2. The van der Waals surface area contributed by atoms with Gasteiger partial charge in [0.1, 0.15) is 5.75 Å². The van der Waals surface area contributed by atoms with E-state index in [9.17, 15) is 4.79 Å². The van der Waals surface area contributed by atoms with Crippen molar-refractivity contribution in [2.45, 2.75) is 13.0 Å². The van der Waals surface area contributed by atoms with Crippen LogP contribution in [0.5, 0.6) is 5.75 Å². The first-order valence-corrected chi connectivity index (χ1v) is 7.04. The van der Waals surface area contributed by atoms with Crippen LogP contribution >= 0.6 is 0 Å². The number of nitrogens with one attached hydrogen (secondary N) is 2. The molecule has 2 N–H and O–H groups in total. The highest BCUT2D eigenvalue weighted by Gasteiger charge is 2.11. The molecule has 3 rings (SSSR count). The molecule has 2 aromatic rings. The summed E-state index contributed by atoms with van der Waals surface area (Å²) in [7, 11) is 1.59. The molecular formula is C17H18N2O2. The van der Waals surface area contributed by atoms with Crippen LogP contribution in [-0.2, 0) is 13.0 Å². The van der Waals surface area contributed by atoms with Crippen LogP contribution in [0, 0.1) is 0 Å². The lowest BCUT2D eigenvalue weighted by atomic mass is 10.0. The third kappa shape index (κ3) is 3.06. The first kappa shape index (κ1) is 13.6. The molecule has 0 saturated heterocycles. The third-order valence-electron chi connectivity index (χ3n) is 3.68. The van der Waals surface area contributed by atoms with Gasteiger partial charge in [-0.05, 0) is 54.4 Å². The van der Waals surface area contributed by atoms with Crippen LogP contribution in [-0.4, -0.2) is 19.6 Å². The van der Waals surface area contributed by atoms with Crippen LogP contribution in [0.1, 0.15) is 21.5 Å². The van der Waals surface area contributed by atoms with Gasteiger partial charge in [0.25, 0.3) is 5.91 Å². The fourth-order valence-corrected chi connectivity index (χ4v) is 2.53. The highest BCUT2D eigenvalue weighted by Crippen LogP contribution is 2.20. The molecule has 0 atom stereocenters. The number of hydrogen-bond acceptors (Lipinski definition) is 3. The lowest BCUT2D eigenvalue weighted by molar-refractivity contribution is 0.102. The summed E-state index contributed by atoms with van der Waals surface area (Å²) in [6.07, 6.45) is 1.04. The van der Waals surface area contributed by atoms with Crippen molar-refractivity contribution >= 4 is 11.6 Å². The maximum Gasteiger partial charge on any atom is 0.255 e. The van der Waals surface area contributed by atoms with Crippen LogP contribution < -0.4 is 15.4 Å². The average molecular weight is 282 g/mol. The molecule has 0 bridgehead atoms. The molecule has 0 saturated carbocycles. The minimum atomic E-state index is -0.127. The SMILES string of the molecule is COc1cccc(C(=O)Nc2ccc3c(c2)CNCC3)c1. The Morgan fingerprint density at radius 1 is 1.19 bits per heavy atom. The molecule has 0 fully saturated rings. The van der Waals surface area contributed by atoms with Crippen molar-refractivity contribution in [1.82, 2.24) is 5.32 Å². The summed E-state index contributed by atoms with van der Waals surface area (Å²) in [4.78, 5) is 12.3. The van der Waals surface area contributed by atoms with Gasteiger partial charge in [0.15, 0.2) is 0 Å². The molecule has 4 heteroatoms. The molecule has 0 radical (unpaired) electrons. The number of ether oxygens (including phenoxy) is 1. The van der Waals surface area contributed by atoms with Crippen LogP contribution in [0.2, 0.25) is 0 Å². The van der Waals surface area contributed by atoms with Crippen LogP contribution in [0.25, 0.3) is 0 Å². The van der Waals surface area contributed by atoms with E-state index in [1.807, 2.05) is 24.3 Å². The molecule has 0 unspecified atom stereocenters. The maximum absolute atomic E-state index is 12.3. The summed E-state index contributed by atoms with van der Waals surface area (Å²) in [5.74, 6) is 0.551. The second kappa shape index (κ2) is 5.97. The quantitative estimate of drug-likeness (QED) is 0.909. The average Bonchev–Trinajstić information content (AvgIpc) is 2.54. The molecule has 21 heavy (non-hydrogen) atoms. The summed E-state index contributed by atoms with van der Waals surface area (Å²) in [5.41, 5.74) is 4.02. The van der Waals surface area contributed by atoms with E-state index < -0.39 is 0 Å². The molecule has 1 aliphatic heterocycles. The van der Waals surface area contributed by atoms with Crippen molar-refractivity contribution in [2.75, 3.05) is 19.0 Å². The van der Waals surface area contributed by atoms with Crippen molar-refractivity contribution < 1.29 is 9.53 Å². The van der Waals surface area contributed by atoms with E-state index in [4.69, 9.17) is 4.74 Å². The minimum absolute atomic E-state index is 0.127. The number of carbonyl (C=O) groups excluding carboxylic acids is 1. The Balaban J connectivity index is 1.78. The lowest BCUT2D eigenvalue weighted by Gasteiger charge is -2.18. The van der Waals surface area contributed by atoms with Crippen LogP contribution in [0.4, 0.5) is 5.69 Å². The van der Waals surface area contributed by atoms with E-state index in [0.717, 1.165) is 25.2 Å². The molecule has 0 spiro atoms. The number of hydrogen-bond donors (Lipinski definition) is 2. The summed E-state index contributed by atoms with van der Waals surface area (Å²) in [6.45, 7) is 1.88. The summed E-state index contributed by atoms with van der Waals surface area (Å²) >= 11 is 0. The smallest absolute Gasteiger partial charge is 0.255 e. The Kier molecular flexibility index (Phi) is 3.88. The summed E-state index contributed by atoms with van der Waals surface area (Å²) < 4.78 is 5.14. The summed E-state index contributed by atoms with van der Waals surface area (Å²) in [5, 5.41) is 6.28. The topological polar surface area (TPSA) is 50.4 Å². The predicted molar refractivity (Wildman–Crippen MR) is 82.8 cm³/mol. The van der Waals surface area contributed by atoms with Gasteiger partial charge in [-0.2, -0.15) is 0 Å². The van der Waals surface area contributed by atoms with Crippen molar-refractivity contribution in [3.8, 4) is 5.75 Å². The van der Waals surface area contributed by atoms with E-state index in [-0.39, 0.29) is 5.91 Å². The molecule has 1 heterocycles. The van der Waals surface area contributed by atoms with Gasteiger partial charge >= 0.3 is 0 Å². The van der Waals surface area contributed by atoms with Gasteiger partial charge in [0.2, 0.25) is 0 Å². The van der Waals surface area contributed by atoms with Gasteiger partial charge in [-0.1, -0.05) is 12.1 Å². The molecule has 2 aromatic carbocycles. The number of methoxy groups -OCH3 is 1. The first-order chi connectivity index (χ1) is 10.3. The zero-order valence-electron chi connectivity index (χ0n) is 12.0. The second-order valence-corrected chi connectivity index (χ2v) is 5.10. The maximum atomic E-state index is 12.3. The second-order valence-electron chi connectivity index (χ2n) is 5.10. The number of amides is 1. The highest BCUT2D eigenvalue weighted by molar-refractivity contribution is 6.04. The fourth-order valence-electron chi connectivity index (χ4n) is 2.53. The number of carbonyl (C=O) groups is 1. The normalized spacial score (nSPS) is 13.4.